The number of carbonyl (C=O) groups is 1. The molecule has 0 spiro atoms. The van der Waals surface area contributed by atoms with Crippen LogP contribution in [0.15, 0.2) is 0 Å². The zero-order valence-corrected chi connectivity index (χ0v) is 12.4. The fourth-order valence-corrected chi connectivity index (χ4v) is 2.52. The molecule has 0 aromatic carbocycles. The minimum Gasteiger partial charge on any atom is -0.459 e. The molecular formula is C10H22NO7P. The molecule has 0 fully saturated rings. The Labute approximate surface area is 112 Å². The lowest BCUT2D eigenvalue weighted by Crippen LogP contribution is -2.27. The molecule has 8 nitrogen and oxygen atoms in total. The molecule has 0 amide bonds. The Kier molecular flexibility index (Phi) is 10.0. The first-order valence-corrected chi connectivity index (χ1v) is 7.66. The number of rotatable bonds is 11. The van der Waals surface area contributed by atoms with Gasteiger partial charge in [0.25, 0.3) is 0 Å². The molecule has 2 N–H and O–H groups in total. The Hall–Kier alpha value is -0.500. The van der Waals surface area contributed by atoms with Crippen molar-refractivity contribution in [3.8, 4) is 0 Å². The second kappa shape index (κ2) is 10.3. The molecular weight excluding hydrogens is 277 g/mol. The molecule has 2 unspecified atom stereocenters. The molecule has 2 atom stereocenters. The van der Waals surface area contributed by atoms with Crippen LogP contribution in [-0.4, -0.2) is 56.9 Å². The smallest absolute Gasteiger partial charge is 0.361 e. The summed E-state index contributed by atoms with van der Waals surface area (Å²) in [4.78, 5) is 10.9. The summed E-state index contributed by atoms with van der Waals surface area (Å²) in [7, 11) is -2.02. The first-order valence-electron chi connectivity index (χ1n) is 5.93. The summed E-state index contributed by atoms with van der Waals surface area (Å²) in [6, 6.07) is 0. The van der Waals surface area contributed by atoms with Crippen molar-refractivity contribution >= 4 is 13.6 Å². The molecule has 0 radical (unpaired) electrons. The quantitative estimate of drug-likeness (QED) is 0.190. The van der Waals surface area contributed by atoms with Crippen molar-refractivity contribution in [1.29, 1.82) is 0 Å². The van der Waals surface area contributed by atoms with Crippen LogP contribution in [0.5, 0.6) is 0 Å². The molecule has 9 heteroatoms. The van der Waals surface area contributed by atoms with Gasteiger partial charge in [-0.2, -0.15) is 4.67 Å². The molecule has 0 saturated carbocycles. The highest BCUT2D eigenvalue weighted by molar-refractivity contribution is 7.53. The van der Waals surface area contributed by atoms with Gasteiger partial charge in [0.1, 0.15) is 6.10 Å². The number of carbonyl (C=O) groups excluding carboxylic acids is 1. The van der Waals surface area contributed by atoms with Gasteiger partial charge in [-0.25, -0.2) is 5.26 Å². The van der Waals surface area contributed by atoms with Gasteiger partial charge in [0.05, 0.1) is 19.4 Å². The van der Waals surface area contributed by atoms with Gasteiger partial charge < -0.3 is 19.3 Å². The molecule has 0 saturated heterocycles. The van der Waals surface area contributed by atoms with E-state index in [0.717, 1.165) is 0 Å². The normalized spacial score (nSPS) is 15.8. The number of esters is 1. The highest BCUT2D eigenvalue weighted by Gasteiger charge is 2.31. The van der Waals surface area contributed by atoms with Gasteiger partial charge in [0.2, 0.25) is 0 Å². The highest BCUT2D eigenvalue weighted by Crippen LogP contribution is 2.47. The zero-order chi connectivity index (χ0) is 14.7. The predicted octanol–water partition coefficient (Wildman–Crippen LogP) is 0.873. The maximum Gasteiger partial charge on any atom is 0.361 e. The van der Waals surface area contributed by atoms with Crippen molar-refractivity contribution in [3.05, 3.63) is 0 Å². The third kappa shape index (κ3) is 9.10. The van der Waals surface area contributed by atoms with E-state index in [4.69, 9.17) is 19.3 Å². The molecule has 0 aliphatic carbocycles. The second-order valence-corrected chi connectivity index (χ2v) is 5.71. The highest BCUT2D eigenvalue weighted by atomic mass is 31.2. The van der Waals surface area contributed by atoms with Crippen LogP contribution in [0.25, 0.3) is 0 Å². The monoisotopic (exact) mass is 299 g/mol. The standard InChI is InChI=1S/C10H22NO7P/c1-4-15-7-10(17-9(2)12)8-19(14,18-13)16-6-5-11-3/h10-11,13H,4-8H2,1-3H3. The number of likely N-dealkylation sites (N-methyl/N-ethyl adjacent to an activating group) is 1. The van der Waals surface area contributed by atoms with Gasteiger partial charge in [0.15, 0.2) is 0 Å². The van der Waals surface area contributed by atoms with E-state index in [1.54, 1.807) is 14.0 Å². The largest absolute Gasteiger partial charge is 0.459 e. The van der Waals surface area contributed by atoms with Crippen LogP contribution >= 0.6 is 7.60 Å². The van der Waals surface area contributed by atoms with Crippen LogP contribution in [0.1, 0.15) is 13.8 Å². The lowest BCUT2D eigenvalue weighted by atomic mass is 10.4. The maximum atomic E-state index is 12.0. The van der Waals surface area contributed by atoms with Crippen molar-refractivity contribution in [2.24, 2.45) is 0 Å². The van der Waals surface area contributed by atoms with Crippen LogP contribution in [0.4, 0.5) is 0 Å². The minimum atomic E-state index is -3.72. The summed E-state index contributed by atoms with van der Waals surface area (Å²) in [5.74, 6) is -0.538. The Bertz CT molecular complexity index is 300. The Balaban J connectivity index is 4.46. The van der Waals surface area contributed by atoms with Crippen molar-refractivity contribution in [1.82, 2.24) is 5.32 Å². The van der Waals surface area contributed by atoms with E-state index in [9.17, 15) is 9.36 Å². The van der Waals surface area contributed by atoms with E-state index in [2.05, 4.69) is 9.99 Å². The summed E-state index contributed by atoms with van der Waals surface area (Å²) in [6.45, 7) is 4.01. The Morgan fingerprint density at radius 2 is 2.16 bits per heavy atom. The van der Waals surface area contributed by atoms with Crippen molar-refractivity contribution in [3.63, 3.8) is 0 Å². The second-order valence-electron chi connectivity index (χ2n) is 3.70. The van der Waals surface area contributed by atoms with Crippen molar-refractivity contribution < 1.29 is 33.3 Å². The van der Waals surface area contributed by atoms with Gasteiger partial charge in [0, 0.05) is 20.1 Å². The first kappa shape index (κ1) is 18.5. The van der Waals surface area contributed by atoms with Gasteiger partial charge in [-0.05, 0) is 14.0 Å². The fraction of sp³-hybridized carbons (Fsp3) is 0.900. The van der Waals surface area contributed by atoms with Crippen LogP contribution in [-0.2, 0) is 28.0 Å². The molecule has 0 bridgehead atoms. The lowest BCUT2D eigenvalue weighted by Gasteiger charge is -2.21. The molecule has 0 aliphatic rings. The third-order valence-corrected chi connectivity index (χ3v) is 3.71. The summed E-state index contributed by atoms with van der Waals surface area (Å²) in [5, 5.41) is 11.5. The molecule has 114 valence electrons. The molecule has 0 heterocycles. The van der Waals surface area contributed by atoms with Gasteiger partial charge in [-0.1, -0.05) is 0 Å². The van der Waals surface area contributed by atoms with Gasteiger partial charge in [-0.3, -0.25) is 9.36 Å². The molecule has 0 aliphatic heterocycles. The number of hydrogen-bond acceptors (Lipinski definition) is 8. The van der Waals surface area contributed by atoms with E-state index in [0.29, 0.717) is 13.2 Å². The SMILES string of the molecule is CCOCC(CP(=O)(OO)OCCNC)OC(C)=O. The van der Waals surface area contributed by atoms with Gasteiger partial charge in [-0.15, -0.1) is 0 Å². The van der Waals surface area contributed by atoms with E-state index < -0.39 is 19.7 Å². The Morgan fingerprint density at radius 3 is 2.63 bits per heavy atom. The molecule has 0 aromatic rings. The topological polar surface area (TPSA) is 103 Å². The first-order chi connectivity index (χ1) is 8.97. The minimum absolute atomic E-state index is 0.0544. The van der Waals surface area contributed by atoms with E-state index in [-0.39, 0.29) is 19.4 Å². The van der Waals surface area contributed by atoms with Gasteiger partial charge >= 0.3 is 13.6 Å². The van der Waals surface area contributed by atoms with E-state index in [1.165, 1.54) is 6.92 Å². The Morgan fingerprint density at radius 1 is 1.47 bits per heavy atom. The van der Waals surface area contributed by atoms with Crippen molar-refractivity contribution in [2.45, 2.75) is 20.0 Å². The molecule has 0 rings (SSSR count). The van der Waals surface area contributed by atoms with Crippen molar-refractivity contribution in [2.75, 3.05) is 39.6 Å². The summed E-state index contributed by atoms with van der Waals surface area (Å²) < 4.78 is 31.0. The summed E-state index contributed by atoms with van der Waals surface area (Å²) >= 11 is 0. The third-order valence-electron chi connectivity index (χ3n) is 2.03. The summed E-state index contributed by atoms with van der Waals surface area (Å²) in [5.41, 5.74) is 0. The fourth-order valence-electron chi connectivity index (χ4n) is 1.25. The van der Waals surface area contributed by atoms with E-state index >= 15 is 0 Å². The molecule has 19 heavy (non-hydrogen) atoms. The van der Waals surface area contributed by atoms with Crippen LogP contribution in [0.3, 0.4) is 0 Å². The number of nitrogens with one attached hydrogen (secondary N) is 1. The van der Waals surface area contributed by atoms with Crippen LogP contribution in [0.2, 0.25) is 0 Å². The predicted molar refractivity (Wildman–Crippen MR) is 68.1 cm³/mol. The van der Waals surface area contributed by atoms with Crippen LogP contribution in [0, 0.1) is 0 Å². The average Bonchev–Trinajstić information content (AvgIpc) is 2.35. The molecule has 0 aromatic heterocycles. The zero-order valence-electron chi connectivity index (χ0n) is 11.5. The lowest BCUT2D eigenvalue weighted by molar-refractivity contribution is -0.155. The van der Waals surface area contributed by atoms with E-state index in [1.807, 2.05) is 0 Å². The summed E-state index contributed by atoms with van der Waals surface area (Å²) in [6.07, 6.45) is -1.07. The number of hydrogen-bond donors (Lipinski definition) is 2. The maximum absolute atomic E-state index is 12.0. The van der Waals surface area contributed by atoms with Crippen LogP contribution < -0.4 is 5.32 Å². The average molecular weight is 299 g/mol. The number of ether oxygens (including phenoxy) is 2.